The zero-order chi connectivity index (χ0) is 10.6. The third-order valence-corrected chi connectivity index (χ3v) is 0.243. The molecule has 0 aromatic carbocycles. The third kappa shape index (κ3) is 34.4. The molecule has 5 nitrogen and oxygen atoms in total. The first kappa shape index (κ1) is 18.3. The molecule has 0 radical (unpaired) electrons. The van der Waals surface area contributed by atoms with Crippen molar-refractivity contribution >= 4 is 28.5 Å². The van der Waals surface area contributed by atoms with Gasteiger partial charge in [-0.05, 0) is 0 Å². The van der Waals surface area contributed by atoms with Gasteiger partial charge in [0.2, 0.25) is 0 Å². The van der Waals surface area contributed by atoms with Crippen LogP contribution in [0.2, 0.25) is 0 Å². The standard InChI is InChI=1S/C2HF3O2.CH4O3S.ClH/c3-2(4,5)1(6)7;1-5(2,3)4;/h(H,6,7);1H3,(H,2,3,4);1H. The molecule has 0 heterocycles. The van der Waals surface area contributed by atoms with E-state index in [4.69, 9.17) is 14.5 Å². The summed E-state index contributed by atoms with van der Waals surface area (Å²) >= 11 is 0. The summed E-state index contributed by atoms with van der Waals surface area (Å²) in [6, 6.07) is 0. The average Bonchev–Trinajstić information content (AvgIpc) is 1.55. The number of carbonyl (C=O) groups is 1. The molecule has 0 aliphatic carbocycles. The number of rotatable bonds is 0. The molecule has 0 fully saturated rings. The van der Waals surface area contributed by atoms with Crippen molar-refractivity contribution in [3.63, 3.8) is 0 Å². The molecule has 0 saturated heterocycles. The zero-order valence-electron chi connectivity index (χ0n) is 6.07. The molecule has 0 rings (SSSR count). The third-order valence-electron chi connectivity index (χ3n) is 0.243. The van der Waals surface area contributed by atoms with Gasteiger partial charge in [-0.3, -0.25) is 4.55 Å². The maximum atomic E-state index is 10.6. The molecular weight excluding hydrogens is 241 g/mol. The summed E-state index contributed by atoms with van der Waals surface area (Å²) in [5, 5.41) is 7.12. The van der Waals surface area contributed by atoms with Gasteiger partial charge in [0.1, 0.15) is 0 Å². The molecule has 0 atom stereocenters. The topological polar surface area (TPSA) is 91.7 Å². The monoisotopic (exact) mass is 246 g/mol. The molecule has 13 heavy (non-hydrogen) atoms. The van der Waals surface area contributed by atoms with Crippen LogP contribution in [0.15, 0.2) is 0 Å². The Bertz CT molecular complexity index is 236. The minimum absolute atomic E-state index is 0. The van der Waals surface area contributed by atoms with Crippen LogP contribution in [-0.2, 0) is 14.9 Å². The van der Waals surface area contributed by atoms with Crippen LogP contribution in [0.1, 0.15) is 0 Å². The van der Waals surface area contributed by atoms with Crippen LogP contribution in [0.5, 0.6) is 0 Å². The molecule has 0 aromatic heterocycles. The quantitative estimate of drug-likeness (QED) is 0.609. The Morgan fingerprint density at radius 2 is 1.38 bits per heavy atom. The maximum Gasteiger partial charge on any atom is 0.490 e. The summed E-state index contributed by atoms with van der Waals surface area (Å²) < 4.78 is 57.6. The van der Waals surface area contributed by atoms with Crippen molar-refractivity contribution in [3.05, 3.63) is 0 Å². The van der Waals surface area contributed by atoms with Crippen molar-refractivity contribution in [2.75, 3.05) is 6.26 Å². The molecule has 0 aliphatic rings. The molecule has 0 aromatic rings. The van der Waals surface area contributed by atoms with Gasteiger partial charge < -0.3 is 5.11 Å². The van der Waals surface area contributed by atoms with E-state index in [9.17, 15) is 21.6 Å². The van der Waals surface area contributed by atoms with Crippen molar-refractivity contribution in [3.8, 4) is 0 Å². The van der Waals surface area contributed by atoms with E-state index in [1.807, 2.05) is 0 Å². The number of hydrogen-bond acceptors (Lipinski definition) is 3. The van der Waals surface area contributed by atoms with E-state index in [2.05, 4.69) is 0 Å². The van der Waals surface area contributed by atoms with Gasteiger partial charge in [0, 0.05) is 0 Å². The molecule has 10 heteroatoms. The summed E-state index contributed by atoms with van der Waals surface area (Å²) in [7, 11) is -3.67. The first-order valence-corrected chi connectivity index (χ1v) is 4.02. The number of alkyl halides is 3. The average molecular weight is 247 g/mol. The molecule has 0 aliphatic heterocycles. The first-order valence-electron chi connectivity index (χ1n) is 2.17. The van der Waals surface area contributed by atoms with Crippen molar-refractivity contribution in [2.24, 2.45) is 0 Å². The summed E-state index contributed by atoms with van der Waals surface area (Å²) in [6.45, 7) is 0. The van der Waals surface area contributed by atoms with Crippen molar-refractivity contribution < 1.29 is 36.0 Å². The van der Waals surface area contributed by atoms with Crippen molar-refractivity contribution in [1.29, 1.82) is 0 Å². The Kier molecular flexibility index (Phi) is 8.43. The second kappa shape index (κ2) is 6.00. The van der Waals surface area contributed by atoms with E-state index in [1.165, 1.54) is 0 Å². The molecule has 0 bridgehead atoms. The maximum absolute atomic E-state index is 10.6. The van der Waals surface area contributed by atoms with Crippen LogP contribution in [0.25, 0.3) is 0 Å². The minimum atomic E-state index is -5.08. The molecular formula is C3H6ClF3O5S. The summed E-state index contributed by atoms with van der Waals surface area (Å²) in [5.74, 6) is -2.76. The minimum Gasteiger partial charge on any atom is -0.475 e. The van der Waals surface area contributed by atoms with E-state index in [0.717, 1.165) is 0 Å². The van der Waals surface area contributed by atoms with Crippen LogP contribution < -0.4 is 0 Å². The molecule has 0 saturated carbocycles. The zero-order valence-corrected chi connectivity index (χ0v) is 7.70. The number of carboxylic acid groups (broad SMARTS) is 1. The Labute approximate surface area is 77.7 Å². The highest BCUT2D eigenvalue weighted by atomic mass is 35.5. The second-order valence-electron chi connectivity index (χ2n) is 1.54. The van der Waals surface area contributed by atoms with E-state index < -0.39 is 22.3 Å². The van der Waals surface area contributed by atoms with Gasteiger partial charge in [-0.15, -0.1) is 12.4 Å². The Morgan fingerprint density at radius 3 is 1.38 bits per heavy atom. The van der Waals surface area contributed by atoms with E-state index in [0.29, 0.717) is 6.26 Å². The highest BCUT2D eigenvalue weighted by Crippen LogP contribution is 2.13. The molecule has 2 N–H and O–H groups in total. The van der Waals surface area contributed by atoms with Gasteiger partial charge in [-0.1, -0.05) is 0 Å². The fourth-order valence-electron chi connectivity index (χ4n) is 0. The number of carboxylic acids is 1. The number of aliphatic carboxylic acids is 1. The highest BCUT2D eigenvalue weighted by Gasteiger charge is 2.38. The van der Waals surface area contributed by atoms with Crippen molar-refractivity contribution in [1.82, 2.24) is 0 Å². The lowest BCUT2D eigenvalue weighted by atomic mass is 10.7. The van der Waals surface area contributed by atoms with Gasteiger partial charge in [-0.25, -0.2) is 4.79 Å². The van der Waals surface area contributed by atoms with Crippen molar-refractivity contribution in [2.45, 2.75) is 6.18 Å². The smallest absolute Gasteiger partial charge is 0.475 e. The van der Waals surface area contributed by atoms with Crippen LogP contribution in [0.4, 0.5) is 13.2 Å². The first-order chi connectivity index (χ1) is 4.94. The van der Waals surface area contributed by atoms with Crippen LogP contribution in [0.3, 0.4) is 0 Å². The van der Waals surface area contributed by atoms with Crippen LogP contribution in [-0.4, -0.2) is 36.5 Å². The van der Waals surface area contributed by atoms with E-state index in [-0.39, 0.29) is 12.4 Å². The molecule has 0 spiro atoms. The Hall–Kier alpha value is -0.540. The SMILES string of the molecule is CS(=O)(=O)O.Cl.O=C(O)C(F)(F)F. The molecule has 0 unspecified atom stereocenters. The normalized spacial score (nSPS) is 10.5. The Balaban J connectivity index is -0.000000150. The lowest BCUT2D eigenvalue weighted by molar-refractivity contribution is -0.192. The fourth-order valence-corrected chi connectivity index (χ4v) is 0. The summed E-state index contributed by atoms with van der Waals surface area (Å²) in [6.07, 6.45) is -4.37. The Morgan fingerprint density at radius 1 is 1.31 bits per heavy atom. The van der Waals surface area contributed by atoms with Gasteiger partial charge in [0.05, 0.1) is 6.26 Å². The largest absolute Gasteiger partial charge is 0.490 e. The molecule has 82 valence electrons. The second-order valence-corrected chi connectivity index (χ2v) is 3.00. The van der Waals surface area contributed by atoms with E-state index in [1.54, 1.807) is 0 Å². The van der Waals surface area contributed by atoms with Crippen LogP contribution >= 0.6 is 12.4 Å². The van der Waals surface area contributed by atoms with Crippen LogP contribution in [0, 0.1) is 0 Å². The van der Waals surface area contributed by atoms with Gasteiger partial charge in [0.25, 0.3) is 10.1 Å². The predicted octanol–water partition coefficient (Wildman–Crippen LogP) is 0.559. The highest BCUT2D eigenvalue weighted by molar-refractivity contribution is 7.85. The predicted molar refractivity (Wildman–Crippen MR) is 38.4 cm³/mol. The number of halogens is 4. The van der Waals surface area contributed by atoms with Gasteiger partial charge in [-0.2, -0.15) is 21.6 Å². The van der Waals surface area contributed by atoms with E-state index >= 15 is 0 Å². The summed E-state index contributed by atoms with van der Waals surface area (Å²) in [5.41, 5.74) is 0. The fraction of sp³-hybridized carbons (Fsp3) is 0.667. The molecule has 0 amide bonds. The summed E-state index contributed by atoms with van der Waals surface area (Å²) in [4.78, 5) is 8.90. The lowest BCUT2D eigenvalue weighted by Crippen LogP contribution is -2.21. The number of hydrogen-bond donors (Lipinski definition) is 2. The van der Waals surface area contributed by atoms with Gasteiger partial charge in [0.15, 0.2) is 0 Å². The van der Waals surface area contributed by atoms with Gasteiger partial charge >= 0.3 is 12.1 Å². The lowest BCUT2D eigenvalue weighted by Gasteiger charge is -1.93.